The Morgan fingerprint density at radius 2 is 1.86 bits per heavy atom. The number of carbonyl (C=O) groups excluding carboxylic acids is 2. The fraction of sp³-hybridized carbons (Fsp3) is 0.176. The Kier molecular flexibility index (Phi) is 4.72. The summed E-state index contributed by atoms with van der Waals surface area (Å²) in [5, 5.41) is 2.78. The molecule has 0 bridgehead atoms. The van der Waals surface area contributed by atoms with E-state index in [4.69, 9.17) is 4.74 Å². The van der Waals surface area contributed by atoms with Crippen LogP contribution in [0.15, 0.2) is 48.5 Å². The quantitative estimate of drug-likeness (QED) is 0.854. The predicted octanol–water partition coefficient (Wildman–Crippen LogP) is 3.54. The number of ether oxygens (including phenoxy) is 1. The summed E-state index contributed by atoms with van der Waals surface area (Å²) in [6, 6.07) is 13.8. The molecule has 0 heterocycles. The number of hydrogen-bond acceptors (Lipinski definition) is 3. The summed E-state index contributed by atoms with van der Waals surface area (Å²) in [7, 11) is 0. The maximum atomic E-state index is 12.2. The molecule has 0 fully saturated rings. The van der Waals surface area contributed by atoms with Crippen LogP contribution in [0.4, 0.5) is 5.69 Å². The summed E-state index contributed by atoms with van der Waals surface area (Å²) < 4.78 is 5.65. The Bertz CT molecular complexity index is 636. The van der Waals surface area contributed by atoms with Gasteiger partial charge in [-0.2, -0.15) is 0 Å². The van der Waals surface area contributed by atoms with Crippen molar-refractivity contribution in [1.82, 2.24) is 0 Å². The molecule has 2 aromatic rings. The van der Waals surface area contributed by atoms with Gasteiger partial charge in [0.25, 0.3) is 5.91 Å². The largest absolute Gasteiger partial charge is 0.489 e. The van der Waals surface area contributed by atoms with Gasteiger partial charge in [0.1, 0.15) is 12.0 Å². The molecule has 4 heteroatoms. The molecule has 0 spiro atoms. The summed E-state index contributed by atoms with van der Waals surface area (Å²) in [5.41, 5.74) is 1.51. The third kappa shape index (κ3) is 3.92. The lowest BCUT2D eigenvalue weighted by molar-refractivity contribution is 0.102. The van der Waals surface area contributed by atoms with E-state index in [1.807, 2.05) is 19.9 Å². The van der Waals surface area contributed by atoms with Gasteiger partial charge in [0.15, 0.2) is 0 Å². The third-order valence-electron chi connectivity index (χ3n) is 2.79. The summed E-state index contributed by atoms with van der Waals surface area (Å²) in [6.45, 7) is 3.80. The number of benzene rings is 2. The van der Waals surface area contributed by atoms with E-state index in [0.29, 0.717) is 22.6 Å². The molecule has 2 aromatic carbocycles. The summed E-state index contributed by atoms with van der Waals surface area (Å²) >= 11 is 0. The van der Waals surface area contributed by atoms with Gasteiger partial charge in [0.05, 0.1) is 11.8 Å². The van der Waals surface area contributed by atoms with Gasteiger partial charge in [-0.3, -0.25) is 9.59 Å². The van der Waals surface area contributed by atoms with Gasteiger partial charge in [-0.25, -0.2) is 0 Å². The van der Waals surface area contributed by atoms with Crippen LogP contribution >= 0.6 is 0 Å². The van der Waals surface area contributed by atoms with Gasteiger partial charge >= 0.3 is 0 Å². The Hall–Kier alpha value is -2.62. The lowest BCUT2D eigenvalue weighted by Gasteiger charge is -2.15. The maximum Gasteiger partial charge on any atom is 0.255 e. The molecular weight excluding hydrogens is 266 g/mol. The van der Waals surface area contributed by atoms with Crippen molar-refractivity contribution in [3.63, 3.8) is 0 Å². The minimum Gasteiger partial charge on any atom is -0.489 e. The number of hydrogen-bond donors (Lipinski definition) is 1. The monoisotopic (exact) mass is 283 g/mol. The van der Waals surface area contributed by atoms with Gasteiger partial charge in [-0.1, -0.05) is 18.2 Å². The van der Waals surface area contributed by atoms with Crippen molar-refractivity contribution in [3.05, 3.63) is 59.7 Å². The zero-order chi connectivity index (χ0) is 15.2. The number of anilines is 1. The molecular formula is C17H17NO3. The molecule has 1 amide bonds. The minimum absolute atomic E-state index is 0.0283. The highest BCUT2D eigenvalue weighted by molar-refractivity contribution is 6.05. The summed E-state index contributed by atoms with van der Waals surface area (Å²) in [4.78, 5) is 23.1. The van der Waals surface area contributed by atoms with E-state index in [1.165, 1.54) is 0 Å². The van der Waals surface area contributed by atoms with E-state index in [1.54, 1.807) is 42.5 Å². The standard InChI is InChI=1S/C17H17NO3/c1-12(2)21-16-9-8-13(11-19)10-15(16)18-17(20)14-6-4-3-5-7-14/h3-12H,1-2H3,(H,18,20). The summed E-state index contributed by atoms with van der Waals surface area (Å²) in [6.07, 6.45) is 0.705. The Morgan fingerprint density at radius 3 is 2.48 bits per heavy atom. The van der Waals surface area contributed by atoms with Crippen LogP contribution < -0.4 is 10.1 Å². The van der Waals surface area contributed by atoms with E-state index >= 15 is 0 Å². The second-order valence-corrected chi connectivity index (χ2v) is 4.86. The molecule has 0 saturated carbocycles. The average Bonchev–Trinajstić information content (AvgIpc) is 2.49. The van der Waals surface area contributed by atoms with Crippen LogP contribution in [0.5, 0.6) is 5.75 Å². The van der Waals surface area contributed by atoms with Crippen LogP contribution in [0.1, 0.15) is 34.6 Å². The number of carbonyl (C=O) groups is 2. The zero-order valence-electron chi connectivity index (χ0n) is 12.0. The van der Waals surface area contributed by atoms with Gasteiger partial charge in [0.2, 0.25) is 0 Å². The second kappa shape index (κ2) is 6.70. The van der Waals surface area contributed by atoms with Crippen molar-refractivity contribution < 1.29 is 14.3 Å². The minimum atomic E-state index is -0.243. The van der Waals surface area contributed by atoms with Crippen LogP contribution in [0.25, 0.3) is 0 Å². The van der Waals surface area contributed by atoms with E-state index in [2.05, 4.69) is 5.32 Å². The van der Waals surface area contributed by atoms with Crippen LogP contribution in [-0.2, 0) is 0 Å². The van der Waals surface area contributed by atoms with Crippen molar-refractivity contribution >= 4 is 17.9 Å². The Morgan fingerprint density at radius 1 is 1.14 bits per heavy atom. The lowest BCUT2D eigenvalue weighted by Crippen LogP contribution is -2.14. The first-order chi connectivity index (χ1) is 10.1. The van der Waals surface area contributed by atoms with E-state index in [0.717, 1.165) is 6.29 Å². The first-order valence-corrected chi connectivity index (χ1v) is 6.72. The fourth-order valence-corrected chi connectivity index (χ4v) is 1.86. The van der Waals surface area contributed by atoms with Crippen LogP contribution in [0.3, 0.4) is 0 Å². The smallest absolute Gasteiger partial charge is 0.255 e. The van der Waals surface area contributed by atoms with Crippen molar-refractivity contribution in [1.29, 1.82) is 0 Å². The highest BCUT2D eigenvalue weighted by Crippen LogP contribution is 2.27. The summed E-state index contributed by atoms with van der Waals surface area (Å²) in [5.74, 6) is 0.298. The Balaban J connectivity index is 2.28. The van der Waals surface area contributed by atoms with Gasteiger partial charge in [-0.05, 0) is 44.2 Å². The molecule has 0 saturated heterocycles. The number of aldehydes is 1. The highest BCUT2D eigenvalue weighted by Gasteiger charge is 2.11. The SMILES string of the molecule is CC(C)Oc1ccc(C=O)cc1NC(=O)c1ccccc1. The molecule has 2 rings (SSSR count). The van der Waals surface area contributed by atoms with Crippen molar-refractivity contribution in [2.45, 2.75) is 20.0 Å². The molecule has 0 aliphatic rings. The molecule has 0 aromatic heterocycles. The molecule has 4 nitrogen and oxygen atoms in total. The molecule has 0 unspecified atom stereocenters. The fourth-order valence-electron chi connectivity index (χ4n) is 1.86. The predicted molar refractivity (Wildman–Crippen MR) is 82.0 cm³/mol. The zero-order valence-corrected chi connectivity index (χ0v) is 12.0. The number of nitrogens with one attached hydrogen (secondary N) is 1. The Labute approximate surface area is 123 Å². The van der Waals surface area contributed by atoms with Gasteiger partial charge in [-0.15, -0.1) is 0 Å². The topological polar surface area (TPSA) is 55.4 Å². The van der Waals surface area contributed by atoms with Gasteiger partial charge < -0.3 is 10.1 Å². The first-order valence-electron chi connectivity index (χ1n) is 6.72. The molecule has 0 radical (unpaired) electrons. The maximum absolute atomic E-state index is 12.2. The van der Waals surface area contributed by atoms with Crippen molar-refractivity contribution in [2.75, 3.05) is 5.32 Å². The third-order valence-corrected chi connectivity index (χ3v) is 2.79. The molecule has 0 atom stereocenters. The average molecular weight is 283 g/mol. The molecule has 0 aliphatic heterocycles. The highest BCUT2D eigenvalue weighted by atomic mass is 16.5. The molecule has 1 N–H and O–H groups in total. The normalized spacial score (nSPS) is 10.2. The van der Waals surface area contributed by atoms with Crippen LogP contribution in [-0.4, -0.2) is 18.3 Å². The number of rotatable bonds is 5. The molecule has 21 heavy (non-hydrogen) atoms. The van der Waals surface area contributed by atoms with Crippen LogP contribution in [0, 0.1) is 0 Å². The number of amides is 1. The van der Waals surface area contributed by atoms with E-state index in [-0.39, 0.29) is 12.0 Å². The lowest BCUT2D eigenvalue weighted by atomic mass is 10.1. The molecule has 0 aliphatic carbocycles. The molecule has 108 valence electrons. The first kappa shape index (κ1) is 14.8. The van der Waals surface area contributed by atoms with Crippen molar-refractivity contribution in [2.24, 2.45) is 0 Å². The second-order valence-electron chi connectivity index (χ2n) is 4.86. The van der Waals surface area contributed by atoms with Crippen molar-refractivity contribution in [3.8, 4) is 5.75 Å². The van der Waals surface area contributed by atoms with E-state index < -0.39 is 0 Å². The van der Waals surface area contributed by atoms with Crippen LogP contribution in [0.2, 0.25) is 0 Å². The van der Waals surface area contributed by atoms with E-state index in [9.17, 15) is 9.59 Å². The van der Waals surface area contributed by atoms with Gasteiger partial charge in [0, 0.05) is 11.1 Å².